The second-order valence-corrected chi connectivity index (χ2v) is 2.74. The molecular weight excluding hydrogens is 156 g/mol. The van der Waals surface area contributed by atoms with Crippen LogP contribution >= 0.6 is 0 Å². The first-order valence-corrected chi connectivity index (χ1v) is 4.05. The van der Waals surface area contributed by atoms with E-state index in [4.69, 9.17) is 4.74 Å². The molecule has 0 fully saturated rings. The Morgan fingerprint density at radius 2 is 2.25 bits per heavy atom. The molecule has 1 amide bonds. The van der Waals surface area contributed by atoms with Crippen LogP contribution in [0.25, 0.3) is 0 Å². The maximum atomic E-state index is 11.4. The Morgan fingerprint density at radius 3 is 2.67 bits per heavy atom. The van der Waals surface area contributed by atoms with Crippen molar-refractivity contribution >= 4 is 5.91 Å². The highest BCUT2D eigenvalue weighted by Crippen LogP contribution is 1.94. The molecule has 0 heterocycles. The molecule has 0 saturated carbocycles. The molecule has 0 spiro atoms. The zero-order valence-corrected chi connectivity index (χ0v) is 8.26. The van der Waals surface area contributed by atoms with Gasteiger partial charge >= 0.3 is 0 Å². The van der Waals surface area contributed by atoms with Crippen molar-refractivity contribution in [3.05, 3.63) is 0 Å². The molecule has 1 atom stereocenters. The summed E-state index contributed by atoms with van der Waals surface area (Å²) in [7, 11) is 5.17. The van der Waals surface area contributed by atoms with Crippen molar-refractivity contribution in [3.8, 4) is 0 Å². The fraction of sp³-hybridized carbons (Fsp3) is 0.875. The fourth-order valence-corrected chi connectivity index (χ4v) is 0.801. The van der Waals surface area contributed by atoms with E-state index in [1.165, 1.54) is 7.11 Å². The molecule has 1 N–H and O–H groups in total. The van der Waals surface area contributed by atoms with E-state index in [9.17, 15) is 4.79 Å². The van der Waals surface area contributed by atoms with Gasteiger partial charge in [0.2, 0.25) is 0 Å². The molecule has 0 rings (SSSR count). The first-order chi connectivity index (χ1) is 5.63. The lowest BCUT2D eigenvalue weighted by Gasteiger charge is -2.20. The largest absolute Gasteiger partial charge is 0.372 e. The van der Waals surface area contributed by atoms with Gasteiger partial charge in [-0.1, -0.05) is 0 Å². The molecule has 0 radical (unpaired) electrons. The average Bonchev–Trinajstić information content (AvgIpc) is 2.11. The molecule has 0 aliphatic carbocycles. The number of likely N-dealkylation sites (N-methyl/N-ethyl adjacent to an activating group) is 2. The van der Waals surface area contributed by atoms with Gasteiger partial charge < -0.3 is 15.0 Å². The van der Waals surface area contributed by atoms with Crippen LogP contribution in [0.15, 0.2) is 0 Å². The van der Waals surface area contributed by atoms with Gasteiger partial charge in [-0.15, -0.1) is 0 Å². The molecule has 12 heavy (non-hydrogen) atoms. The molecular formula is C8H18N2O2. The van der Waals surface area contributed by atoms with Gasteiger partial charge in [0, 0.05) is 27.2 Å². The molecule has 72 valence electrons. The summed E-state index contributed by atoms with van der Waals surface area (Å²) in [5.41, 5.74) is 0. The zero-order valence-electron chi connectivity index (χ0n) is 8.26. The summed E-state index contributed by atoms with van der Waals surface area (Å²) in [5.74, 6) is 0.0211. The van der Waals surface area contributed by atoms with Crippen molar-refractivity contribution < 1.29 is 9.53 Å². The third kappa shape index (κ3) is 3.69. The van der Waals surface area contributed by atoms with Crippen molar-refractivity contribution in [1.29, 1.82) is 0 Å². The summed E-state index contributed by atoms with van der Waals surface area (Å²) >= 11 is 0. The number of methoxy groups -OCH3 is 1. The second kappa shape index (κ2) is 5.97. The van der Waals surface area contributed by atoms with Gasteiger partial charge in [-0.25, -0.2) is 0 Å². The number of nitrogens with one attached hydrogen (secondary N) is 1. The number of nitrogens with zero attached hydrogens (tertiary/aromatic N) is 1. The molecule has 0 aromatic heterocycles. The number of carbonyl (C=O) groups excluding carboxylic acids is 1. The van der Waals surface area contributed by atoms with E-state index in [2.05, 4.69) is 5.32 Å². The normalized spacial score (nSPS) is 12.7. The minimum atomic E-state index is -0.341. The molecule has 0 saturated heterocycles. The second-order valence-electron chi connectivity index (χ2n) is 2.74. The number of hydrogen-bond donors (Lipinski definition) is 1. The van der Waals surface area contributed by atoms with E-state index in [-0.39, 0.29) is 12.0 Å². The summed E-state index contributed by atoms with van der Waals surface area (Å²) in [4.78, 5) is 13.0. The molecule has 4 heteroatoms. The number of amides is 1. The van der Waals surface area contributed by atoms with Crippen molar-refractivity contribution in [3.63, 3.8) is 0 Å². The summed E-state index contributed by atoms with van der Waals surface area (Å²) < 4.78 is 4.90. The van der Waals surface area contributed by atoms with E-state index < -0.39 is 0 Å². The Morgan fingerprint density at radius 1 is 1.67 bits per heavy atom. The highest BCUT2D eigenvalue weighted by atomic mass is 16.5. The van der Waals surface area contributed by atoms with Crippen molar-refractivity contribution in [2.24, 2.45) is 0 Å². The third-order valence-electron chi connectivity index (χ3n) is 1.77. The van der Waals surface area contributed by atoms with Crippen LogP contribution in [0.3, 0.4) is 0 Å². The summed E-state index contributed by atoms with van der Waals surface area (Å²) in [5, 5.41) is 2.98. The first-order valence-electron chi connectivity index (χ1n) is 4.05. The standard InChI is InChI=1S/C8H18N2O2/c1-7(12-4)8(11)10(3)6-5-9-2/h7,9H,5-6H2,1-4H3. The predicted octanol–water partition coefficient (Wildman–Crippen LogP) is -0.301. The van der Waals surface area contributed by atoms with Crippen molar-refractivity contribution in [1.82, 2.24) is 10.2 Å². The number of ether oxygens (including phenoxy) is 1. The predicted molar refractivity (Wildman–Crippen MR) is 48.0 cm³/mol. The summed E-state index contributed by atoms with van der Waals surface area (Å²) in [6.07, 6.45) is -0.341. The van der Waals surface area contributed by atoms with E-state index in [1.807, 2.05) is 7.05 Å². The molecule has 4 nitrogen and oxygen atoms in total. The fourth-order valence-electron chi connectivity index (χ4n) is 0.801. The summed E-state index contributed by atoms with van der Waals surface area (Å²) in [6.45, 7) is 3.26. The maximum absolute atomic E-state index is 11.4. The quantitative estimate of drug-likeness (QED) is 0.622. The van der Waals surface area contributed by atoms with Crippen LogP contribution in [0.2, 0.25) is 0 Å². The highest BCUT2D eigenvalue weighted by Gasteiger charge is 2.15. The van der Waals surface area contributed by atoms with Gasteiger partial charge in [-0.05, 0) is 14.0 Å². The third-order valence-corrected chi connectivity index (χ3v) is 1.77. The molecule has 0 aromatic carbocycles. The smallest absolute Gasteiger partial charge is 0.251 e. The molecule has 0 aromatic rings. The minimum Gasteiger partial charge on any atom is -0.372 e. The van der Waals surface area contributed by atoms with Crippen molar-refractivity contribution in [2.75, 3.05) is 34.3 Å². The lowest BCUT2D eigenvalue weighted by Crippen LogP contribution is -2.39. The van der Waals surface area contributed by atoms with E-state index in [1.54, 1.807) is 18.9 Å². The summed E-state index contributed by atoms with van der Waals surface area (Å²) in [6, 6.07) is 0. The lowest BCUT2D eigenvalue weighted by atomic mass is 10.3. The van der Waals surface area contributed by atoms with E-state index in [0.29, 0.717) is 6.54 Å². The van der Waals surface area contributed by atoms with Gasteiger partial charge in [0.15, 0.2) is 0 Å². The van der Waals surface area contributed by atoms with E-state index in [0.717, 1.165) is 6.54 Å². The zero-order chi connectivity index (χ0) is 9.56. The van der Waals surface area contributed by atoms with Crippen LogP contribution in [0.1, 0.15) is 6.92 Å². The number of carbonyl (C=O) groups is 1. The molecule has 1 unspecified atom stereocenters. The Bertz CT molecular complexity index is 139. The minimum absolute atomic E-state index is 0.0211. The highest BCUT2D eigenvalue weighted by molar-refractivity contribution is 5.80. The molecule has 0 aliphatic heterocycles. The van der Waals surface area contributed by atoms with Gasteiger partial charge in [-0.2, -0.15) is 0 Å². The van der Waals surface area contributed by atoms with Gasteiger partial charge in [-0.3, -0.25) is 4.79 Å². The van der Waals surface area contributed by atoms with Crippen LogP contribution in [0.5, 0.6) is 0 Å². The molecule has 0 aliphatic rings. The number of rotatable bonds is 5. The Balaban J connectivity index is 3.75. The van der Waals surface area contributed by atoms with Crippen molar-refractivity contribution in [2.45, 2.75) is 13.0 Å². The van der Waals surface area contributed by atoms with Gasteiger partial charge in [0.1, 0.15) is 6.10 Å². The first kappa shape index (κ1) is 11.4. The van der Waals surface area contributed by atoms with E-state index >= 15 is 0 Å². The Hall–Kier alpha value is -0.610. The number of hydrogen-bond acceptors (Lipinski definition) is 3. The van der Waals surface area contributed by atoms with Gasteiger partial charge in [0.05, 0.1) is 0 Å². The monoisotopic (exact) mass is 174 g/mol. The Kier molecular flexibility index (Phi) is 5.66. The van der Waals surface area contributed by atoms with Crippen LogP contribution < -0.4 is 5.32 Å². The van der Waals surface area contributed by atoms with Crippen LogP contribution in [-0.2, 0) is 9.53 Å². The Labute approximate surface area is 73.9 Å². The topological polar surface area (TPSA) is 41.6 Å². The SMILES string of the molecule is CNCCN(C)C(=O)C(C)OC. The van der Waals surface area contributed by atoms with Gasteiger partial charge in [0.25, 0.3) is 5.91 Å². The average molecular weight is 174 g/mol. The maximum Gasteiger partial charge on any atom is 0.251 e. The lowest BCUT2D eigenvalue weighted by molar-refractivity contribution is -0.139. The van der Waals surface area contributed by atoms with Crippen LogP contribution in [0.4, 0.5) is 0 Å². The van der Waals surface area contributed by atoms with Crippen LogP contribution in [-0.4, -0.2) is 51.2 Å². The molecule has 0 bridgehead atoms. The van der Waals surface area contributed by atoms with Crippen LogP contribution in [0, 0.1) is 0 Å².